The van der Waals surface area contributed by atoms with Crippen LogP contribution in [0.15, 0.2) is 23.4 Å². The number of aromatic nitrogens is 1. The summed E-state index contributed by atoms with van der Waals surface area (Å²) in [5.41, 5.74) is 1.15. The lowest BCUT2D eigenvalue weighted by Gasteiger charge is -2.33. The Balaban J connectivity index is 1.87. The van der Waals surface area contributed by atoms with Gasteiger partial charge in [-0.3, -0.25) is 4.79 Å². The summed E-state index contributed by atoms with van der Waals surface area (Å²) < 4.78 is 0. The van der Waals surface area contributed by atoms with E-state index in [1.165, 1.54) is 32.1 Å². The van der Waals surface area contributed by atoms with Crippen LogP contribution in [0.4, 0.5) is 0 Å². The predicted octanol–water partition coefficient (Wildman–Crippen LogP) is 3.66. The number of aryl methyl sites for hydroxylation is 1. The standard InChI is InChI=1S/C16H24N2OS/c1-3-18(14-7-5-4-6-8-14)16(19)12-20-15-10-9-13(2)11-17-15/h9-11,14H,3-8,12H2,1-2H3. The molecule has 1 heterocycles. The molecule has 1 fully saturated rings. The molecule has 20 heavy (non-hydrogen) atoms. The maximum absolute atomic E-state index is 12.4. The highest BCUT2D eigenvalue weighted by atomic mass is 32.2. The van der Waals surface area contributed by atoms with Crippen molar-refractivity contribution in [2.75, 3.05) is 12.3 Å². The second-order valence-electron chi connectivity index (χ2n) is 5.43. The van der Waals surface area contributed by atoms with Crippen LogP contribution in [0.5, 0.6) is 0 Å². The largest absolute Gasteiger partial charge is 0.339 e. The van der Waals surface area contributed by atoms with Crippen LogP contribution in [0, 0.1) is 6.92 Å². The Hall–Kier alpha value is -1.03. The number of nitrogens with zero attached hydrogens (tertiary/aromatic N) is 2. The molecule has 1 saturated carbocycles. The monoisotopic (exact) mass is 292 g/mol. The van der Waals surface area contributed by atoms with E-state index in [2.05, 4.69) is 16.8 Å². The molecule has 0 atom stereocenters. The Morgan fingerprint density at radius 3 is 2.70 bits per heavy atom. The van der Waals surface area contributed by atoms with Gasteiger partial charge in [-0.2, -0.15) is 0 Å². The number of hydrogen-bond acceptors (Lipinski definition) is 3. The molecule has 0 aliphatic heterocycles. The number of thioether (sulfide) groups is 1. The molecule has 0 unspecified atom stereocenters. The summed E-state index contributed by atoms with van der Waals surface area (Å²) in [5, 5.41) is 0.934. The Bertz CT molecular complexity index is 427. The van der Waals surface area contributed by atoms with Crippen molar-refractivity contribution in [1.82, 2.24) is 9.88 Å². The van der Waals surface area contributed by atoms with Crippen molar-refractivity contribution in [1.29, 1.82) is 0 Å². The molecule has 1 aliphatic carbocycles. The second-order valence-corrected chi connectivity index (χ2v) is 6.43. The van der Waals surface area contributed by atoms with Gasteiger partial charge in [-0.15, -0.1) is 0 Å². The van der Waals surface area contributed by atoms with E-state index in [9.17, 15) is 4.79 Å². The number of hydrogen-bond donors (Lipinski definition) is 0. The first kappa shape index (κ1) is 15.4. The maximum atomic E-state index is 12.4. The van der Waals surface area contributed by atoms with E-state index < -0.39 is 0 Å². The topological polar surface area (TPSA) is 33.2 Å². The molecule has 0 spiro atoms. The number of carbonyl (C=O) groups is 1. The number of carbonyl (C=O) groups excluding carboxylic acids is 1. The zero-order chi connectivity index (χ0) is 14.4. The van der Waals surface area contributed by atoms with Gasteiger partial charge in [0.1, 0.15) is 0 Å². The fourth-order valence-electron chi connectivity index (χ4n) is 2.79. The Morgan fingerprint density at radius 1 is 1.35 bits per heavy atom. The number of pyridine rings is 1. The van der Waals surface area contributed by atoms with Gasteiger partial charge in [0.15, 0.2) is 0 Å². The molecule has 1 aromatic heterocycles. The third-order valence-corrected chi connectivity index (χ3v) is 4.83. The smallest absolute Gasteiger partial charge is 0.233 e. The molecule has 4 heteroatoms. The molecular formula is C16H24N2OS. The number of rotatable bonds is 5. The van der Waals surface area contributed by atoms with Gasteiger partial charge in [0, 0.05) is 18.8 Å². The van der Waals surface area contributed by atoms with Crippen molar-refractivity contribution in [3.8, 4) is 0 Å². The van der Waals surface area contributed by atoms with E-state index in [1.807, 2.05) is 25.3 Å². The Morgan fingerprint density at radius 2 is 2.10 bits per heavy atom. The summed E-state index contributed by atoms with van der Waals surface area (Å²) >= 11 is 1.54. The van der Waals surface area contributed by atoms with Crippen molar-refractivity contribution < 1.29 is 4.79 Å². The molecule has 0 aromatic carbocycles. The molecule has 3 nitrogen and oxygen atoms in total. The van der Waals surface area contributed by atoms with Crippen LogP contribution >= 0.6 is 11.8 Å². The summed E-state index contributed by atoms with van der Waals surface area (Å²) in [6.07, 6.45) is 8.05. The van der Waals surface area contributed by atoms with Gasteiger partial charge < -0.3 is 4.90 Å². The lowest BCUT2D eigenvalue weighted by atomic mass is 9.94. The van der Waals surface area contributed by atoms with Crippen LogP contribution in [0.1, 0.15) is 44.6 Å². The molecule has 1 amide bonds. The van der Waals surface area contributed by atoms with Crippen LogP contribution in [-0.2, 0) is 4.79 Å². The summed E-state index contributed by atoms with van der Waals surface area (Å²) in [6, 6.07) is 4.50. The molecule has 0 N–H and O–H groups in total. The van der Waals surface area contributed by atoms with E-state index in [1.54, 1.807) is 11.8 Å². The minimum atomic E-state index is 0.256. The average Bonchev–Trinajstić information content (AvgIpc) is 2.48. The van der Waals surface area contributed by atoms with E-state index in [-0.39, 0.29) is 5.91 Å². The fraction of sp³-hybridized carbons (Fsp3) is 0.625. The fourth-order valence-corrected chi connectivity index (χ4v) is 3.52. The minimum absolute atomic E-state index is 0.256. The first-order chi connectivity index (χ1) is 9.70. The summed E-state index contributed by atoms with van der Waals surface area (Å²) in [5.74, 6) is 0.757. The lowest BCUT2D eigenvalue weighted by molar-refractivity contribution is -0.131. The van der Waals surface area contributed by atoms with Crippen LogP contribution in [0.2, 0.25) is 0 Å². The quantitative estimate of drug-likeness (QED) is 0.776. The SMILES string of the molecule is CCN(C(=O)CSc1ccc(C)cn1)C1CCCCC1. The molecule has 0 radical (unpaired) electrons. The highest BCUT2D eigenvalue weighted by Gasteiger charge is 2.23. The molecular weight excluding hydrogens is 268 g/mol. The van der Waals surface area contributed by atoms with E-state index in [0.29, 0.717) is 11.8 Å². The zero-order valence-corrected chi connectivity index (χ0v) is 13.3. The second kappa shape index (κ2) is 7.67. The van der Waals surface area contributed by atoms with Crippen molar-refractivity contribution in [2.24, 2.45) is 0 Å². The van der Waals surface area contributed by atoms with E-state index in [4.69, 9.17) is 0 Å². The van der Waals surface area contributed by atoms with Gasteiger partial charge in [-0.05, 0) is 38.3 Å². The molecule has 110 valence electrons. The van der Waals surface area contributed by atoms with E-state index in [0.717, 1.165) is 17.1 Å². The summed E-state index contributed by atoms with van der Waals surface area (Å²) in [6.45, 7) is 4.93. The van der Waals surface area contributed by atoms with Crippen molar-refractivity contribution in [3.63, 3.8) is 0 Å². The molecule has 0 bridgehead atoms. The van der Waals surface area contributed by atoms with E-state index >= 15 is 0 Å². The first-order valence-corrected chi connectivity index (χ1v) is 8.54. The average molecular weight is 292 g/mol. The van der Waals surface area contributed by atoms with Gasteiger partial charge in [-0.1, -0.05) is 37.1 Å². The third kappa shape index (κ3) is 4.23. The normalized spacial score (nSPS) is 16.1. The zero-order valence-electron chi connectivity index (χ0n) is 12.5. The predicted molar refractivity (Wildman–Crippen MR) is 84.0 cm³/mol. The van der Waals surface area contributed by atoms with Gasteiger partial charge in [0.05, 0.1) is 10.8 Å². The number of amides is 1. The Labute approximate surface area is 126 Å². The highest BCUT2D eigenvalue weighted by molar-refractivity contribution is 7.99. The molecule has 2 rings (SSSR count). The van der Waals surface area contributed by atoms with Gasteiger partial charge in [0.25, 0.3) is 0 Å². The lowest BCUT2D eigenvalue weighted by Crippen LogP contribution is -2.42. The van der Waals surface area contributed by atoms with Crippen LogP contribution in [-0.4, -0.2) is 34.1 Å². The van der Waals surface area contributed by atoms with Gasteiger partial charge in [0.2, 0.25) is 5.91 Å². The van der Waals surface area contributed by atoms with Crippen molar-refractivity contribution in [2.45, 2.75) is 57.0 Å². The van der Waals surface area contributed by atoms with Gasteiger partial charge >= 0.3 is 0 Å². The van der Waals surface area contributed by atoms with Crippen molar-refractivity contribution in [3.05, 3.63) is 23.9 Å². The Kier molecular flexibility index (Phi) is 5.89. The molecule has 0 saturated heterocycles. The highest BCUT2D eigenvalue weighted by Crippen LogP contribution is 2.24. The van der Waals surface area contributed by atoms with Crippen LogP contribution in [0.25, 0.3) is 0 Å². The summed E-state index contributed by atoms with van der Waals surface area (Å²) in [4.78, 5) is 18.8. The molecule has 1 aromatic rings. The molecule has 1 aliphatic rings. The maximum Gasteiger partial charge on any atom is 0.233 e. The first-order valence-electron chi connectivity index (χ1n) is 7.55. The van der Waals surface area contributed by atoms with Gasteiger partial charge in [-0.25, -0.2) is 4.98 Å². The van der Waals surface area contributed by atoms with Crippen LogP contribution < -0.4 is 0 Å². The van der Waals surface area contributed by atoms with Crippen molar-refractivity contribution >= 4 is 17.7 Å². The van der Waals surface area contributed by atoms with Crippen LogP contribution in [0.3, 0.4) is 0 Å². The third-order valence-electron chi connectivity index (χ3n) is 3.90. The summed E-state index contributed by atoms with van der Waals surface area (Å²) in [7, 11) is 0. The minimum Gasteiger partial charge on any atom is -0.339 e.